The summed E-state index contributed by atoms with van der Waals surface area (Å²) in [5.41, 5.74) is 6.42. The fourth-order valence-electron chi connectivity index (χ4n) is 2.12. The second-order valence-corrected chi connectivity index (χ2v) is 5.39. The lowest BCUT2D eigenvalue weighted by Crippen LogP contribution is -2.30. The third kappa shape index (κ3) is 4.99. The van der Waals surface area contributed by atoms with Crippen LogP contribution in [0.1, 0.15) is 27.2 Å². The van der Waals surface area contributed by atoms with E-state index in [0.29, 0.717) is 5.69 Å². The van der Waals surface area contributed by atoms with Crippen LogP contribution in [0.15, 0.2) is 16.7 Å². The van der Waals surface area contributed by atoms with Crippen LogP contribution in [0.25, 0.3) is 0 Å². The van der Waals surface area contributed by atoms with E-state index in [0.717, 1.165) is 49.4 Å². The zero-order valence-electron chi connectivity index (χ0n) is 12.2. The summed E-state index contributed by atoms with van der Waals surface area (Å²) in [6.07, 6.45) is 2.86. The van der Waals surface area contributed by atoms with Gasteiger partial charge < -0.3 is 15.5 Å². The minimum atomic E-state index is 0.690. The number of rotatable bonds is 8. The summed E-state index contributed by atoms with van der Waals surface area (Å²) in [6, 6.07) is 1.91. The molecule has 108 valence electrons. The molecule has 19 heavy (non-hydrogen) atoms. The van der Waals surface area contributed by atoms with Gasteiger partial charge in [0.05, 0.1) is 16.4 Å². The number of hydrogen-bond acceptors (Lipinski definition) is 4. The molecular formula is C14H25BrN4. The van der Waals surface area contributed by atoms with Crippen LogP contribution in [0, 0.1) is 0 Å². The highest BCUT2D eigenvalue weighted by Crippen LogP contribution is 2.25. The smallest absolute Gasteiger partial charge is 0.143 e. The maximum absolute atomic E-state index is 5.73. The Morgan fingerprint density at radius 3 is 2.37 bits per heavy atom. The number of nitrogens with zero attached hydrogens (tertiary/aromatic N) is 3. The van der Waals surface area contributed by atoms with Crippen molar-refractivity contribution in [3.05, 3.63) is 16.7 Å². The van der Waals surface area contributed by atoms with Gasteiger partial charge >= 0.3 is 0 Å². The second-order valence-electron chi connectivity index (χ2n) is 4.53. The molecule has 0 radical (unpaired) electrons. The summed E-state index contributed by atoms with van der Waals surface area (Å²) >= 11 is 3.54. The van der Waals surface area contributed by atoms with Gasteiger partial charge in [0.25, 0.3) is 0 Å². The fraction of sp³-hybridized carbons (Fsp3) is 0.643. The van der Waals surface area contributed by atoms with Crippen LogP contribution in [0.2, 0.25) is 0 Å². The number of pyridine rings is 1. The van der Waals surface area contributed by atoms with Gasteiger partial charge in [-0.05, 0) is 55.0 Å². The molecule has 1 aromatic rings. The highest BCUT2D eigenvalue weighted by molar-refractivity contribution is 9.10. The number of halogens is 1. The maximum atomic E-state index is 5.73. The first-order valence-corrected chi connectivity index (χ1v) is 7.79. The minimum absolute atomic E-state index is 0.690. The number of aromatic nitrogens is 1. The number of nitrogen functional groups attached to an aromatic ring is 1. The van der Waals surface area contributed by atoms with Gasteiger partial charge in [-0.3, -0.25) is 0 Å². The molecule has 0 bridgehead atoms. The Morgan fingerprint density at radius 1 is 1.16 bits per heavy atom. The number of anilines is 2. The first-order valence-electron chi connectivity index (χ1n) is 7.00. The van der Waals surface area contributed by atoms with Crippen molar-refractivity contribution in [1.29, 1.82) is 0 Å². The topological polar surface area (TPSA) is 45.4 Å². The van der Waals surface area contributed by atoms with Crippen molar-refractivity contribution < 1.29 is 0 Å². The molecule has 4 nitrogen and oxygen atoms in total. The third-order valence-corrected chi connectivity index (χ3v) is 3.90. The van der Waals surface area contributed by atoms with Gasteiger partial charge in [-0.1, -0.05) is 13.8 Å². The Bertz CT molecular complexity index is 380. The minimum Gasteiger partial charge on any atom is -0.397 e. The quantitative estimate of drug-likeness (QED) is 0.796. The molecule has 0 amide bonds. The molecule has 0 saturated heterocycles. The molecule has 0 saturated carbocycles. The van der Waals surface area contributed by atoms with Crippen molar-refractivity contribution in [2.45, 2.75) is 27.2 Å². The van der Waals surface area contributed by atoms with Crippen molar-refractivity contribution >= 4 is 27.4 Å². The molecule has 0 atom stereocenters. The number of nitrogens with two attached hydrogens (primary N) is 1. The van der Waals surface area contributed by atoms with Crippen molar-refractivity contribution in [1.82, 2.24) is 9.88 Å². The Labute approximate surface area is 125 Å². The van der Waals surface area contributed by atoms with E-state index in [-0.39, 0.29) is 0 Å². The zero-order valence-corrected chi connectivity index (χ0v) is 13.8. The van der Waals surface area contributed by atoms with Gasteiger partial charge in [0.1, 0.15) is 5.82 Å². The molecule has 0 spiro atoms. The SMILES string of the molecule is CCN(CC)CCCN(CC)c1ncc(N)cc1Br. The summed E-state index contributed by atoms with van der Waals surface area (Å²) in [6.45, 7) is 11.9. The highest BCUT2D eigenvalue weighted by Gasteiger charge is 2.10. The van der Waals surface area contributed by atoms with Crippen LogP contribution in [-0.4, -0.2) is 42.6 Å². The maximum Gasteiger partial charge on any atom is 0.143 e. The van der Waals surface area contributed by atoms with Gasteiger partial charge in [-0.2, -0.15) is 0 Å². The Hall–Kier alpha value is -0.810. The Balaban J connectivity index is 2.58. The summed E-state index contributed by atoms with van der Waals surface area (Å²) < 4.78 is 0.970. The van der Waals surface area contributed by atoms with E-state index in [1.807, 2.05) is 6.07 Å². The largest absolute Gasteiger partial charge is 0.397 e. The van der Waals surface area contributed by atoms with Gasteiger partial charge in [-0.15, -0.1) is 0 Å². The molecule has 0 aliphatic carbocycles. The zero-order chi connectivity index (χ0) is 14.3. The monoisotopic (exact) mass is 328 g/mol. The molecule has 0 aliphatic heterocycles. The second kappa shape index (κ2) is 8.38. The van der Waals surface area contributed by atoms with E-state index in [4.69, 9.17) is 5.73 Å². The van der Waals surface area contributed by atoms with Crippen molar-refractivity contribution in [3.8, 4) is 0 Å². The normalized spacial score (nSPS) is 11.0. The van der Waals surface area contributed by atoms with E-state index in [2.05, 4.69) is 51.5 Å². The predicted octanol–water partition coefficient (Wildman–Crippen LogP) is 2.98. The van der Waals surface area contributed by atoms with Gasteiger partial charge in [0.15, 0.2) is 0 Å². The van der Waals surface area contributed by atoms with Crippen molar-refractivity contribution in [3.63, 3.8) is 0 Å². The first kappa shape index (κ1) is 16.2. The standard InChI is InChI=1S/C14H25BrN4/c1-4-18(5-2)8-7-9-19(6-3)14-13(15)10-12(16)11-17-14/h10-11H,4-9,16H2,1-3H3. The first-order chi connectivity index (χ1) is 9.12. The van der Waals surface area contributed by atoms with Crippen LogP contribution >= 0.6 is 15.9 Å². The van der Waals surface area contributed by atoms with Crippen molar-refractivity contribution in [2.75, 3.05) is 43.4 Å². The van der Waals surface area contributed by atoms with Crippen LogP contribution in [0.3, 0.4) is 0 Å². The Kier molecular flexibility index (Phi) is 7.16. The molecule has 1 aromatic heterocycles. The molecule has 2 N–H and O–H groups in total. The van der Waals surface area contributed by atoms with E-state index < -0.39 is 0 Å². The average Bonchev–Trinajstić information content (AvgIpc) is 2.40. The van der Waals surface area contributed by atoms with Gasteiger partial charge in [-0.25, -0.2) is 4.98 Å². The summed E-state index contributed by atoms with van der Waals surface area (Å²) in [4.78, 5) is 9.16. The molecule has 0 aliphatic rings. The summed E-state index contributed by atoms with van der Waals surface area (Å²) in [5, 5.41) is 0. The van der Waals surface area contributed by atoms with E-state index in [9.17, 15) is 0 Å². The average molecular weight is 329 g/mol. The molecule has 1 heterocycles. The Morgan fingerprint density at radius 2 is 1.84 bits per heavy atom. The molecule has 5 heteroatoms. The highest BCUT2D eigenvalue weighted by atomic mass is 79.9. The predicted molar refractivity (Wildman–Crippen MR) is 86.6 cm³/mol. The van der Waals surface area contributed by atoms with E-state index in [1.54, 1.807) is 6.20 Å². The summed E-state index contributed by atoms with van der Waals surface area (Å²) in [5.74, 6) is 0.983. The van der Waals surface area contributed by atoms with Crippen LogP contribution in [0.5, 0.6) is 0 Å². The third-order valence-electron chi connectivity index (χ3n) is 3.32. The molecule has 0 fully saturated rings. The molecular weight excluding hydrogens is 304 g/mol. The van der Waals surface area contributed by atoms with E-state index in [1.165, 1.54) is 0 Å². The van der Waals surface area contributed by atoms with Gasteiger partial charge in [0, 0.05) is 13.1 Å². The fourth-order valence-corrected chi connectivity index (χ4v) is 2.73. The lowest BCUT2D eigenvalue weighted by molar-refractivity contribution is 0.300. The molecule has 1 rings (SSSR count). The van der Waals surface area contributed by atoms with Crippen LogP contribution in [0.4, 0.5) is 11.5 Å². The molecule has 0 unspecified atom stereocenters. The van der Waals surface area contributed by atoms with Crippen molar-refractivity contribution in [2.24, 2.45) is 0 Å². The molecule has 0 aromatic carbocycles. The lowest BCUT2D eigenvalue weighted by Gasteiger charge is -2.25. The van der Waals surface area contributed by atoms with E-state index >= 15 is 0 Å². The van der Waals surface area contributed by atoms with Gasteiger partial charge in [0.2, 0.25) is 0 Å². The lowest BCUT2D eigenvalue weighted by atomic mass is 10.3. The van der Waals surface area contributed by atoms with Crippen LogP contribution < -0.4 is 10.6 Å². The van der Waals surface area contributed by atoms with Crippen LogP contribution in [-0.2, 0) is 0 Å². The number of hydrogen-bond donors (Lipinski definition) is 1. The summed E-state index contributed by atoms with van der Waals surface area (Å²) in [7, 11) is 0.